The molecule has 0 aromatic heterocycles. The summed E-state index contributed by atoms with van der Waals surface area (Å²) in [5, 5.41) is 3.33. The van der Waals surface area contributed by atoms with Gasteiger partial charge in [-0.2, -0.15) is 0 Å². The number of hydrazone groups is 1. The first-order valence-electron chi connectivity index (χ1n) is 2.96. The number of guanidine groups is 1. The van der Waals surface area contributed by atoms with Crippen molar-refractivity contribution in [1.29, 1.82) is 0 Å². The Morgan fingerprint density at radius 2 is 2.22 bits per heavy atom. The number of hydrogen-bond acceptors (Lipinski definition) is 2. The van der Waals surface area contributed by atoms with Gasteiger partial charge >= 0.3 is 0 Å². The second kappa shape index (κ2) is 4.00. The van der Waals surface area contributed by atoms with E-state index in [4.69, 9.17) is 11.6 Å². The molecular weight excluding hydrogens is 116 g/mol. The van der Waals surface area contributed by atoms with Crippen molar-refractivity contribution in [3.05, 3.63) is 0 Å². The number of nitrogens with zero attached hydrogens (tertiary/aromatic N) is 2. The number of hydrogen-bond donors (Lipinski definition) is 2. The van der Waals surface area contributed by atoms with E-state index >= 15 is 0 Å². The predicted octanol–water partition coefficient (Wildman–Crippen LogP) is -0.483. The van der Waals surface area contributed by atoms with Crippen molar-refractivity contribution in [2.75, 3.05) is 13.6 Å². The van der Waals surface area contributed by atoms with E-state index in [1.807, 2.05) is 7.05 Å². The highest BCUT2D eigenvalue weighted by atomic mass is 15.3. The van der Waals surface area contributed by atoms with Gasteiger partial charge in [0.05, 0.1) is 0 Å². The van der Waals surface area contributed by atoms with Crippen LogP contribution in [0.15, 0.2) is 5.10 Å². The molecule has 4 heteroatoms. The minimum Gasteiger partial charge on any atom is -0.368 e. The molecule has 0 atom stereocenters. The quantitative estimate of drug-likeness (QED) is 0.229. The molecule has 0 aliphatic carbocycles. The maximum atomic E-state index is 5.35. The van der Waals surface area contributed by atoms with Gasteiger partial charge in [-0.1, -0.05) is 6.92 Å². The molecule has 0 radical (unpaired) electrons. The lowest BCUT2D eigenvalue weighted by atomic mass is 10.4. The molecule has 9 heavy (non-hydrogen) atoms. The summed E-state index contributed by atoms with van der Waals surface area (Å²) in [6.07, 6.45) is 1.05. The Morgan fingerprint density at radius 3 is 2.56 bits per heavy atom. The second-order valence-electron chi connectivity index (χ2n) is 1.91. The molecule has 0 fully saturated rings. The Morgan fingerprint density at radius 1 is 1.67 bits per heavy atom. The molecule has 0 unspecified atom stereocenters. The van der Waals surface area contributed by atoms with Gasteiger partial charge in [-0.15, -0.1) is 5.10 Å². The highest BCUT2D eigenvalue weighted by molar-refractivity contribution is 5.77. The van der Waals surface area contributed by atoms with Gasteiger partial charge in [0.2, 0.25) is 5.96 Å². The first kappa shape index (κ1) is 8.07. The third kappa shape index (κ3) is 2.79. The Kier molecular flexibility index (Phi) is 3.59. The van der Waals surface area contributed by atoms with Crippen molar-refractivity contribution < 1.29 is 0 Å². The Bertz CT molecular complexity index is 99.1. The number of nitrogens with two attached hydrogens (primary N) is 2. The zero-order valence-corrected chi connectivity index (χ0v) is 5.96. The summed E-state index contributed by atoms with van der Waals surface area (Å²) in [5.74, 6) is 5.31. The summed E-state index contributed by atoms with van der Waals surface area (Å²) in [6.45, 7) is 2.97. The fourth-order valence-corrected chi connectivity index (χ4v) is 0.549. The van der Waals surface area contributed by atoms with Crippen LogP contribution in [0.3, 0.4) is 0 Å². The highest BCUT2D eigenvalue weighted by Gasteiger charge is 1.96. The van der Waals surface area contributed by atoms with E-state index in [-0.39, 0.29) is 0 Å². The van der Waals surface area contributed by atoms with Crippen LogP contribution in [0.25, 0.3) is 0 Å². The average Bonchev–Trinajstić information content (AvgIpc) is 1.87. The van der Waals surface area contributed by atoms with Gasteiger partial charge in [-0.3, -0.25) is 0 Å². The average molecular weight is 130 g/mol. The Hall–Kier alpha value is -0.930. The maximum absolute atomic E-state index is 5.35. The molecule has 0 amide bonds. The van der Waals surface area contributed by atoms with Gasteiger partial charge in [0.1, 0.15) is 0 Å². The SMILES string of the molecule is CCCN(C)/C(N)=N/N. The van der Waals surface area contributed by atoms with Gasteiger partial charge in [-0.05, 0) is 6.42 Å². The maximum Gasteiger partial charge on any atom is 0.213 e. The van der Waals surface area contributed by atoms with Gasteiger partial charge in [-0.25, -0.2) is 0 Å². The van der Waals surface area contributed by atoms with E-state index < -0.39 is 0 Å². The van der Waals surface area contributed by atoms with Crippen LogP contribution in [0.2, 0.25) is 0 Å². The summed E-state index contributed by atoms with van der Waals surface area (Å²) in [7, 11) is 1.86. The molecule has 0 saturated heterocycles. The third-order valence-corrected chi connectivity index (χ3v) is 1.08. The topological polar surface area (TPSA) is 67.6 Å². The normalized spacial score (nSPS) is 11.6. The van der Waals surface area contributed by atoms with Crippen LogP contribution in [-0.2, 0) is 0 Å². The Balaban J connectivity index is 3.59. The molecule has 0 spiro atoms. The van der Waals surface area contributed by atoms with Crippen LogP contribution in [0.5, 0.6) is 0 Å². The lowest BCUT2D eigenvalue weighted by molar-refractivity contribution is 0.493. The molecule has 0 aromatic carbocycles. The van der Waals surface area contributed by atoms with Gasteiger partial charge in [0, 0.05) is 13.6 Å². The smallest absolute Gasteiger partial charge is 0.213 e. The molecule has 4 N–H and O–H groups in total. The first-order valence-corrected chi connectivity index (χ1v) is 2.96. The van der Waals surface area contributed by atoms with Crippen molar-refractivity contribution in [3.63, 3.8) is 0 Å². The summed E-state index contributed by atoms with van der Waals surface area (Å²) >= 11 is 0. The molecule has 0 aromatic rings. The van der Waals surface area contributed by atoms with Crippen LogP contribution in [-0.4, -0.2) is 24.5 Å². The molecule has 54 valence electrons. The summed E-state index contributed by atoms with van der Waals surface area (Å²) in [4.78, 5) is 1.81. The zero-order valence-electron chi connectivity index (χ0n) is 5.96. The van der Waals surface area contributed by atoms with E-state index in [1.54, 1.807) is 4.90 Å². The van der Waals surface area contributed by atoms with Crippen molar-refractivity contribution >= 4 is 5.96 Å². The second-order valence-corrected chi connectivity index (χ2v) is 1.91. The molecule has 0 rings (SSSR count). The third-order valence-electron chi connectivity index (χ3n) is 1.08. The lowest BCUT2D eigenvalue weighted by Gasteiger charge is -2.14. The van der Waals surface area contributed by atoms with Crippen LogP contribution in [0, 0.1) is 0 Å². The van der Waals surface area contributed by atoms with Crippen LogP contribution >= 0.6 is 0 Å². The van der Waals surface area contributed by atoms with Crippen LogP contribution < -0.4 is 11.6 Å². The van der Waals surface area contributed by atoms with Crippen molar-refractivity contribution in [3.8, 4) is 0 Å². The van der Waals surface area contributed by atoms with Crippen LogP contribution in [0.1, 0.15) is 13.3 Å². The molecular formula is C5H14N4. The van der Waals surface area contributed by atoms with Gasteiger partial charge < -0.3 is 16.5 Å². The molecule has 0 heterocycles. The van der Waals surface area contributed by atoms with E-state index in [1.165, 1.54) is 0 Å². The summed E-state index contributed by atoms with van der Waals surface area (Å²) < 4.78 is 0. The zero-order chi connectivity index (χ0) is 7.28. The van der Waals surface area contributed by atoms with Gasteiger partial charge in [0.25, 0.3) is 0 Å². The van der Waals surface area contributed by atoms with E-state index in [2.05, 4.69) is 12.0 Å². The minimum atomic E-state index is 0.386. The molecule has 4 nitrogen and oxygen atoms in total. The molecule has 0 aliphatic rings. The van der Waals surface area contributed by atoms with Crippen molar-refractivity contribution in [2.45, 2.75) is 13.3 Å². The minimum absolute atomic E-state index is 0.386. The van der Waals surface area contributed by atoms with E-state index in [0.717, 1.165) is 13.0 Å². The summed E-state index contributed by atoms with van der Waals surface area (Å²) in [5.41, 5.74) is 5.35. The first-order chi connectivity index (χ1) is 4.22. The van der Waals surface area contributed by atoms with Crippen molar-refractivity contribution in [2.24, 2.45) is 16.7 Å². The monoisotopic (exact) mass is 130 g/mol. The standard InChI is InChI=1S/C5H14N4/c1-3-4-9(2)5(6)8-7/h3-4,7H2,1-2H3,(H2,6,8). The summed E-state index contributed by atoms with van der Waals surface area (Å²) in [6, 6.07) is 0. The fourth-order valence-electron chi connectivity index (χ4n) is 0.549. The van der Waals surface area contributed by atoms with E-state index in [9.17, 15) is 0 Å². The largest absolute Gasteiger partial charge is 0.368 e. The lowest BCUT2D eigenvalue weighted by Crippen LogP contribution is -2.35. The van der Waals surface area contributed by atoms with Crippen LogP contribution in [0.4, 0.5) is 0 Å². The van der Waals surface area contributed by atoms with Gasteiger partial charge in [0.15, 0.2) is 0 Å². The number of rotatable bonds is 2. The Labute approximate surface area is 55.5 Å². The predicted molar refractivity (Wildman–Crippen MR) is 38.7 cm³/mol. The molecule has 0 saturated carbocycles. The fraction of sp³-hybridized carbons (Fsp3) is 0.800. The van der Waals surface area contributed by atoms with E-state index in [0.29, 0.717) is 5.96 Å². The molecule has 0 bridgehead atoms. The van der Waals surface area contributed by atoms with Crippen molar-refractivity contribution in [1.82, 2.24) is 4.90 Å². The molecule has 0 aliphatic heterocycles. The highest BCUT2D eigenvalue weighted by Crippen LogP contribution is 1.83.